The fourth-order valence-electron chi connectivity index (χ4n) is 13.1. The maximum absolute atomic E-state index is 13.5. The van der Waals surface area contributed by atoms with Crippen molar-refractivity contribution in [2.75, 3.05) is 26.4 Å². The summed E-state index contributed by atoms with van der Waals surface area (Å²) in [5.74, 6) is -6.13. The number of hydrogen-bond donors (Lipinski definition) is 14. The van der Waals surface area contributed by atoms with Gasteiger partial charge in [-0.25, -0.2) is 4.79 Å². The number of aliphatic hydroxyl groups excluding tert-OH is 11. The van der Waals surface area contributed by atoms with Crippen molar-refractivity contribution in [3.8, 4) is 0 Å². The minimum atomic E-state index is -3.08. The summed E-state index contributed by atoms with van der Waals surface area (Å²) in [6.07, 6.45) is 22.6. The molecule has 0 radical (unpaired) electrons. The molecule has 23 heteroatoms. The molecule has 0 saturated carbocycles. The highest BCUT2D eigenvalue weighted by atomic mass is 16.8. The van der Waals surface area contributed by atoms with E-state index >= 15 is 0 Å². The topological polar surface area (TPSA) is 373 Å². The minimum Gasteiger partial charge on any atom is -0.477 e. The zero-order valence-electron chi connectivity index (χ0n) is 57.8. The Morgan fingerprint density at radius 1 is 0.553 bits per heavy atom. The lowest BCUT2D eigenvalue weighted by atomic mass is 9.88. The first-order valence-corrected chi connectivity index (χ1v) is 37.1. The van der Waals surface area contributed by atoms with E-state index in [0.717, 1.165) is 51.9 Å². The molecule has 0 aromatic carbocycles. The SMILES string of the molecule is CCCCCCCCCCCCCC/C=C/C(O)C(COC1OC(CO)C(OC2OC(CO)C(O)C(OC3(C(=O)O)CC(O)C(NC(C)=O)C(C(O)C(O)CO)O3)C2O)C(O)C1O)NC(=O)CCCCCCCCCCCCCCCCCCCCCCCCCCCC. The molecule has 552 valence electrons. The number of carboxylic acids is 1. The van der Waals surface area contributed by atoms with E-state index in [1.165, 1.54) is 193 Å². The summed E-state index contributed by atoms with van der Waals surface area (Å²) >= 11 is 0. The second-order valence-corrected chi connectivity index (χ2v) is 27.2. The van der Waals surface area contributed by atoms with E-state index in [2.05, 4.69) is 24.5 Å². The molecule has 3 aliphatic rings. The van der Waals surface area contributed by atoms with Crippen molar-refractivity contribution in [1.29, 1.82) is 0 Å². The van der Waals surface area contributed by atoms with Crippen molar-refractivity contribution in [3.63, 3.8) is 0 Å². The number of ether oxygens (including phenoxy) is 6. The lowest BCUT2D eigenvalue weighted by Gasteiger charge is -2.50. The first-order chi connectivity index (χ1) is 45.4. The van der Waals surface area contributed by atoms with Crippen molar-refractivity contribution >= 4 is 17.8 Å². The number of aliphatic hydroxyl groups is 11. The Balaban J connectivity index is 1.53. The monoisotopic (exact) mass is 1350 g/mol. The number of allylic oxidation sites excluding steroid dienone is 1. The molecule has 18 unspecified atom stereocenters. The van der Waals surface area contributed by atoms with Crippen LogP contribution >= 0.6 is 0 Å². The van der Waals surface area contributed by atoms with Gasteiger partial charge in [0.25, 0.3) is 5.79 Å². The Morgan fingerprint density at radius 3 is 1.41 bits per heavy atom. The number of aliphatic carboxylic acids is 1. The number of rotatable bonds is 57. The van der Waals surface area contributed by atoms with Crippen molar-refractivity contribution in [2.45, 2.75) is 394 Å². The predicted octanol–water partition coefficient (Wildman–Crippen LogP) is 7.85. The molecule has 3 rings (SSSR count). The first-order valence-electron chi connectivity index (χ1n) is 37.1. The molecule has 3 aliphatic heterocycles. The van der Waals surface area contributed by atoms with Crippen LogP contribution in [0.5, 0.6) is 0 Å². The Labute approximate surface area is 562 Å². The van der Waals surface area contributed by atoms with Gasteiger partial charge in [-0.3, -0.25) is 9.59 Å². The third kappa shape index (κ3) is 33.1. The summed E-state index contributed by atoms with van der Waals surface area (Å²) in [7, 11) is 0. The number of unbranched alkanes of at least 4 members (excludes halogenated alkanes) is 37. The van der Waals surface area contributed by atoms with Crippen LogP contribution in [-0.2, 0) is 42.8 Å². The van der Waals surface area contributed by atoms with Crippen LogP contribution in [0.3, 0.4) is 0 Å². The molecule has 23 nitrogen and oxygen atoms in total. The molecule has 3 fully saturated rings. The summed E-state index contributed by atoms with van der Waals surface area (Å²) in [5, 5.41) is 136. The van der Waals surface area contributed by atoms with Gasteiger partial charge in [-0.1, -0.05) is 257 Å². The van der Waals surface area contributed by atoms with Crippen LogP contribution in [0.15, 0.2) is 12.2 Å². The van der Waals surface area contributed by atoms with Crippen LogP contribution in [0.1, 0.15) is 284 Å². The standard InChI is InChI=1S/C71H132N2O21/c1-4-6-8-10-12-14-16-18-20-21-22-23-24-25-26-27-28-29-30-31-33-35-37-39-41-43-45-58(81)73-52(53(78)44-42-40-38-36-34-32-19-17-15-13-11-9-7-5-2)50-89-68-63(85)62(84)65(57(49-76)91-68)92-69-64(86)67(61(83)56(48-75)90-69)94-71(70(87)88)46-54(79)59(72-51(3)77)66(93-71)60(82)55(80)47-74/h42,44,52-57,59-69,74-76,78-80,82-86H,4-41,43,45-50H2,1-3H3,(H,72,77)(H,73,81)(H,87,88)/b44-42+. The van der Waals surface area contributed by atoms with Crippen LogP contribution in [-0.4, -0.2) is 215 Å². The highest BCUT2D eigenvalue weighted by molar-refractivity contribution is 5.77. The third-order valence-corrected chi connectivity index (χ3v) is 19.0. The maximum Gasteiger partial charge on any atom is 0.364 e. The van der Waals surface area contributed by atoms with Gasteiger partial charge in [0, 0.05) is 19.8 Å². The molecule has 0 bridgehead atoms. The second kappa shape index (κ2) is 51.6. The van der Waals surface area contributed by atoms with E-state index in [1.807, 2.05) is 6.08 Å². The van der Waals surface area contributed by atoms with E-state index in [-0.39, 0.29) is 12.3 Å². The molecule has 0 aromatic rings. The van der Waals surface area contributed by atoms with Gasteiger partial charge in [-0.15, -0.1) is 0 Å². The quantitative estimate of drug-likeness (QED) is 0.0203. The number of amides is 2. The lowest BCUT2D eigenvalue weighted by Crippen LogP contribution is -2.70. The van der Waals surface area contributed by atoms with Gasteiger partial charge in [0.05, 0.1) is 50.7 Å². The van der Waals surface area contributed by atoms with Crippen molar-refractivity contribution in [1.82, 2.24) is 10.6 Å². The normalized spacial score (nSPS) is 27.9. The van der Waals surface area contributed by atoms with E-state index in [9.17, 15) is 75.7 Å². The third-order valence-electron chi connectivity index (χ3n) is 19.0. The minimum absolute atomic E-state index is 0.205. The van der Waals surface area contributed by atoms with E-state index < -0.39 is 155 Å². The fourth-order valence-corrected chi connectivity index (χ4v) is 13.1. The number of hydrogen-bond acceptors (Lipinski definition) is 20. The predicted molar refractivity (Wildman–Crippen MR) is 357 cm³/mol. The van der Waals surface area contributed by atoms with Crippen LogP contribution in [0.25, 0.3) is 0 Å². The summed E-state index contributed by atoms with van der Waals surface area (Å²) < 4.78 is 34.8. The zero-order valence-corrected chi connectivity index (χ0v) is 57.8. The maximum atomic E-state index is 13.5. The van der Waals surface area contributed by atoms with Crippen LogP contribution in [0.2, 0.25) is 0 Å². The molecule has 94 heavy (non-hydrogen) atoms. The van der Waals surface area contributed by atoms with Crippen molar-refractivity contribution < 1.29 is 104 Å². The molecule has 3 saturated heterocycles. The van der Waals surface area contributed by atoms with Crippen LogP contribution in [0, 0.1) is 0 Å². The van der Waals surface area contributed by atoms with Gasteiger partial charge in [-0.2, -0.15) is 0 Å². The molecule has 0 aromatic heterocycles. The number of carboxylic acid groups (broad SMARTS) is 1. The van der Waals surface area contributed by atoms with Crippen LogP contribution in [0.4, 0.5) is 0 Å². The van der Waals surface area contributed by atoms with E-state index in [4.69, 9.17) is 28.4 Å². The molecular formula is C71H132N2O21. The highest BCUT2D eigenvalue weighted by Crippen LogP contribution is 2.39. The number of carbonyl (C=O) groups excluding carboxylic acids is 2. The van der Waals surface area contributed by atoms with Crippen LogP contribution < -0.4 is 10.6 Å². The Kier molecular flexibility index (Phi) is 47.0. The number of carbonyl (C=O) groups is 3. The molecule has 2 amide bonds. The summed E-state index contributed by atoms with van der Waals surface area (Å²) in [6.45, 7) is 2.16. The average molecular weight is 1350 g/mol. The van der Waals surface area contributed by atoms with E-state index in [0.29, 0.717) is 12.8 Å². The van der Waals surface area contributed by atoms with Gasteiger partial charge in [-0.05, 0) is 19.3 Å². The highest BCUT2D eigenvalue weighted by Gasteiger charge is 2.60. The fraction of sp³-hybridized carbons (Fsp3) is 0.930. The average Bonchev–Trinajstić information content (AvgIpc) is 0.762. The van der Waals surface area contributed by atoms with Crippen molar-refractivity contribution in [3.05, 3.63) is 12.2 Å². The number of nitrogens with one attached hydrogen (secondary N) is 2. The Bertz CT molecular complexity index is 1940. The van der Waals surface area contributed by atoms with Crippen molar-refractivity contribution in [2.24, 2.45) is 0 Å². The molecule has 3 heterocycles. The van der Waals surface area contributed by atoms with Gasteiger partial charge < -0.3 is 100 Å². The zero-order chi connectivity index (χ0) is 68.9. The largest absolute Gasteiger partial charge is 0.477 e. The molecular weight excluding hydrogens is 1220 g/mol. The smallest absolute Gasteiger partial charge is 0.364 e. The summed E-state index contributed by atoms with van der Waals surface area (Å²) in [5.41, 5.74) is 0. The lowest BCUT2D eigenvalue weighted by molar-refractivity contribution is -0.386. The second-order valence-electron chi connectivity index (χ2n) is 27.2. The molecule has 14 N–H and O–H groups in total. The Hall–Kier alpha value is -2.53. The van der Waals surface area contributed by atoms with Gasteiger partial charge in [0.15, 0.2) is 12.6 Å². The summed E-state index contributed by atoms with van der Waals surface area (Å²) in [6, 6.07) is -2.61. The van der Waals surface area contributed by atoms with Gasteiger partial charge in [0.2, 0.25) is 11.8 Å². The molecule has 0 aliphatic carbocycles. The van der Waals surface area contributed by atoms with Gasteiger partial charge >= 0.3 is 5.97 Å². The molecule has 18 atom stereocenters. The Morgan fingerprint density at radius 2 is 0.989 bits per heavy atom. The summed E-state index contributed by atoms with van der Waals surface area (Å²) in [4.78, 5) is 38.6. The molecule has 0 spiro atoms. The van der Waals surface area contributed by atoms with E-state index in [1.54, 1.807) is 6.08 Å². The van der Waals surface area contributed by atoms with Gasteiger partial charge in [0.1, 0.15) is 67.1 Å². The first kappa shape index (κ1) is 85.7.